The Morgan fingerprint density at radius 2 is 1.92 bits per heavy atom. The summed E-state index contributed by atoms with van der Waals surface area (Å²) in [6, 6.07) is 8.50. The molecule has 0 amide bonds. The van der Waals surface area contributed by atoms with Gasteiger partial charge in [-0.05, 0) is 37.3 Å². The summed E-state index contributed by atoms with van der Waals surface area (Å²) in [5, 5.41) is 8.16. The standard InChI is InChI=1S/C17H13Cl2N3O4/c1-9(25-17(23)11-7-13(18)14(19)20-8-11)15-21-22-16(26-15)10-3-5-12(24-2)6-4-10/h3-9H,1-2H3/t9-/m0/s1. The minimum absolute atomic E-state index is 0.109. The van der Waals surface area contributed by atoms with Crippen LogP contribution in [0.2, 0.25) is 10.2 Å². The fourth-order valence-corrected chi connectivity index (χ4v) is 2.33. The van der Waals surface area contributed by atoms with Crippen LogP contribution in [0.25, 0.3) is 11.5 Å². The summed E-state index contributed by atoms with van der Waals surface area (Å²) in [5.41, 5.74) is 0.887. The third-order valence-corrected chi connectivity index (χ3v) is 4.13. The summed E-state index contributed by atoms with van der Waals surface area (Å²) < 4.78 is 16.0. The number of hydrogen-bond acceptors (Lipinski definition) is 7. The van der Waals surface area contributed by atoms with Gasteiger partial charge in [0.15, 0.2) is 6.10 Å². The van der Waals surface area contributed by atoms with Gasteiger partial charge in [0.1, 0.15) is 10.9 Å². The van der Waals surface area contributed by atoms with Crippen molar-refractivity contribution in [1.29, 1.82) is 0 Å². The lowest BCUT2D eigenvalue weighted by molar-refractivity contribution is 0.0279. The number of carbonyl (C=O) groups is 1. The van der Waals surface area contributed by atoms with Crippen molar-refractivity contribution >= 4 is 29.2 Å². The van der Waals surface area contributed by atoms with E-state index in [1.54, 1.807) is 38.3 Å². The van der Waals surface area contributed by atoms with Gasteiger partial charge in [0.25, 0.3) is 5.89 Å². The van der Waals surface area contributed by atoms with Crippen molar-refractivity contribution in [2.24, 2.45) is 0 Å². The van der Waals surface area contributed by atoms with Crippen molar-refractivity contribution in [2.45, 2.75) is 13.0 Å². The van der Waals surface area contributed by atoms with E-state index < -0.39 is 12.1 Å². The van der Waals surface area contributed by atoms with Crippen LogP contribution < -0.4 is 4.74 Å². The van der Waals surface area contributed by atoms with Crippen LogP contribution in [0, 0.1) is 0 Å². The number of nitrogens with zero attached hydrogens (tertiary/aromatic N) is 3. The zero-order valence-corrected chi connectivity index (χ0v) is 15.3. The van der Waals surface area contributed by atoms with Crippen molar-refractivity contribution in [3.05, 3.63) is 58.2 Å². The highest BCUT2D eigenvalue weighted by Gasteiger charge is 2.20. The zero-order chi connectivity index (χ0) is 18.7. The first-order valence-electron chi connectivity index (χ1n) is 7.47. The van der Waals surface area contributed by atoms with Crippen molar-refractivity contribution in [1.82, 2.24) is 15.2 Å². The number of esters is 1. The first kappa shape index (κ1) is 18.2. The summed E-state index contributed by atoms with van der Waals surface area (Å²) in [5.74, 6) is 0.553. The number of benzene rings is 1. The minimum Gasteiger partial charge on any atom is -0.497 e. The van der Waals surface area contributed by atoms with E-state index in [4.69, 9.17) is 37.1 Å². The average Bonchev–Trinajstić information content (AvgIpc) is 3.14. The predicted octanol–water partition coefficient (Wildman–Crippen LogP) is 4.37. The van der Waals surface area contributed by atoms with Gasteiger partial charge in [0.2, 0.25) is 5.89 Å². The summed E-state index contributed by atoms with van der Waals surface area (Å²) in [6.07, 6.45) is 0.524. The molecule has 0 aliphatic rings. The van der Waals surface area contributed by atoms with E-state index in [1.165, 1.54) is 12.3 Å². The molecule has 7 nitrogen and oxygen atoms in total. The second-order valence-corrected chi connectivity index (χ2v) is 5.98. The smallest absolute Gasteiger partial charge is 0.340 e. The summed E-state index contributed by atoms with van der Waals surface area (Å²) in [4.78, 5) is 16.0. The average molecular weight is 394 g/mol. The Bertz CT molecular complexity index is 928. The molecule has 0 saturated carbocycles. The molecule has 2 aromatic heterocycles. The summed E-state index contributed by atoms with van der Waals surface area (Å²) in [7, 11) is 1.58. The van der Waals surface area contributed by atoms with E-state index in [1.807, 2.05) is 0 Å². The Morgan fingerprint density at radius 1 is 1.19 bits per heavy atom. The van der Waals surface area contributed by atoms with Gasteiger partial charge < -0.3 is 13.9 Å². The van der Waals surface area contributed by atoms with Gasteiger partial charge in [-0.3, -0.25) is 0 Å². The number of halogens is 2. The molecule has 0 saturated heterocycles. The number of rotatable bonds is 5. The number of ether oxygens (including phenoxy) is 2. The summed E-state index contributed by atoms with van der Waals surface area (Å²) >= 11 is 11.6. The predicted molar refractivity (Wildman–Crippen MR) is 94.4 cm³/mol. The molecule has 0 N–H and O–H groups in total. The van der Waals surface area contributed by atoms with Crippen LogP contribution in [0.5, 0.6) is 5.75 Å². The van der Waals surface area contributed by atoms with Crippen LogP contribution in [0.3, 0.4) is 0 Å². The molecule has 3 rings (SSSR count). The van der Waals surface area contributed by atoms with E-state index in [2.05, 4.69) is 15.2 Å². The first-order chi connectivity index (χ1) is 12.5. The maximum Gasteiger partial charge on any atom is 0.340 e. The quantitative estimate of drug-likeness (QED) is 0.469. The number of carbonyl (C=O) groups excluding carboxylic acids is 1. The Labute approximate surface area is 158 Å². The van der Waals surface area contributed by atoms with E-state index in [-0.39, 0.29) is 21.6 Å². The summed E-state index contributed by atoms with van der Waals surface area (Å²) in [6.45, 7) is 1.62. The fourth-order valence-electron chi connectivity index (χ4n) is 2.06. The molecule has 3 aromatic rings. The number of aromatic nitrogens is 3. The SMILES string of the molecule is COc1ccc(-c2nnc([C@H](C)OC(=O)c3cnc(Cl)c(Cl)c3)o2)cc1. The molecule has 0 spiro atoms. The molecule has 2 heterocycles. The van der Waals surface area contributed by atoms with Crippen molar-refractivity contribution < 1.29 is 18.7 Å². The number of methoxy groups -OCH3 is 1. The topological polar surface area (TPSA) is 87.3 Å². The molecule has 0 radical (unpaired) electrons. The molecule has 0 aliphatic carbocycles. The lowest BCUT2D eigenvalue weighted by Crippen LogP contribution is -2.10. The van der Waals surface area contributed by atoms with Crippen LogP contribution in [-0.4, -0.2) is 28.3 Å². The van der Waals surface area contributed by atoms with E-state index in [9.17, 15) is 4.79 Å². The first-order valence-corrected chi connectivity index (χ1v) is 8.23. The Hall–Kier alpha value is -2.64. The highest BCUT2D eigenvalue weighted by Crippen LogP contribution is 2.25. The number of hydrogen-bond donors (Lipinski definition) is 0. The molecule has 134 valence electrons. The molecule has 26 heavy (non-hydrogen) atoms. The van der Waals surface area contributed by atoms with E-state index in [0.717, 1.165) is 5.56 Å². The van der Waals surface area contributed by atoms with Crippen LogP contribution in [0.4, 0.5) is 0 Å². The second-order valence-electron chi connectivity index (χ2n) is 5.22. The molecule has 1 aromatic carbocycles. The second kappa shape index (κ2) is 7.72. The van der Waals surface area contributed by atoms with Gasteiger partial charge in [-0.1, -0.05) is 23.2 Å². The Kier molecular flexibility index (Phi) is 5.39. The Morgan fingerprint density at radius 3 is 2.58 bits per heavy atom. The molecular formula is C17H13Cl2N3O4. The highest BCUT2D eigenvalue weighted by atomic mass is 35.5. The van der Waals surface area contributed by atoms with Crippen molar-refractivity contribution in [3.63, 3.8) is 0 Å². The zero-order valence-electron chi connectivity index (χ0n) is 13.8. The lowest BCUT2D eigenvalue weighted by Gasteiger charge is -2.09. The molecule has 0 unspecified atom stereocenters. The van der Waals surface area contributed by atoms with Gasteiger partial charge in [0.05, 0.1) is 17.7 Å². The molecule has 0 aliphatic heterocycles. The maximum absolute atomic E-state index is 12.2. The molecule has 0 fully saturated rings. The van der Waals surface area contributed by atoms with Gasteiger partial charge in [-0.15, -0.1) is 10.2 Å². The number of pyridine rings is 1. The van der Waals surface area contributed by atoms with E-state index >= 15 is 0 Å². The molecular weight excluding hydrogens is 381 g/mol. The molecule has 9 heteroatoms. The fraction of sp³-hybridized carbons (Fsp3) is 0.176. The van der Waals surface area contributed by atoms with Crippen LogP contribution >= 0.6 is 23.2 Å². The normalized spacial score (nSPS) is 11.8. The maximum atomic E-state index is 12.2. The van der Waals surface area contributed by atoms with Crippen LogP contribution in [-0.2, 0) is 4.74 Å². The largest absolute Gasteiger partial charge is 0.497 e. The highest BCUT2D eigenvalue weighted by molar-refractivity contribution is 6.41. The van der Waals surface area contributed by atoms with Gasteiger partial charge in [-0.2, -0.15) is 0 Å². The monoisotopic (exact) mass is 393 g/mol. The Balaban J connectivity index is 1.71. The van der Waals surface area contributed by atoms with Crippen molar-refractivity contribution in [3.8, 4) is 17.2 Å². The van der Waals surface area contributed by atoms with Gasteiger partial charge in [-0.25, -0.2) is 9.78 Å². The van der Waals surface area contributed by atoms with Crippen LogP contribution in [0.15, 0.2) is 40.9 Å². The van der Waals surface area contributed by atoms with E-state index in [0.29, 0.717) is 11.6 Å². The minimum atomic E-state index is -0.753. The molecule has 0 bridgehead atoms. The third kappa shape index (κ3) is 3.95. The van der Waals surface area contributed by atoms with Crippen LogP contribution in [0.1, 0.15) is 29.3 Å². The molecule has 1 atom stereocenters. The third-order valence-electron chi connectivity index (χ3n) is 3.44. The van der Waals surface area contributed by atoms with Crippen molar-refractivity contribution in [2.75, 3.05) is 7.11 Å². The van der Waals surface area contributed by atoms with Gasteiger partial charge in [0, 0.05) is 11.8 Å². The van der Waals surface area contributed by atoms with Gasteiger partial charge >= 0.3 is 5.97 Å². The lowest BCUT2D eigenvalue weighted by atomic mass is 10.2.